The number of rotatable bonds is 6. The van der Waals surface area contributed by atoms with Gasteiger partial charge in [-0.25, -0.2) is 4.79 Å². The molecule has 1 atom stereocenters. The van der Waals surface area contributed by atoms with Crippen molar-refractivity contribution in [2.24, 2.45) is 10.7 Å². The zero-order valence-corrected chi connectivity index (χ0v) is 15.3. The molecule has 1 rings (SSSR count). The quantitative estimate of drug-likeness (QED) is 0.566. The zero-order chi connectivity index (χ0) is 17.5. The highest BCUT2D eigenvalue weighted by Gasteiger charge is 2.22. The van der Waals surface area contributed by atoms with Crippen LogP contribution in [0.4, 0.5) is 4.79 Å². The molecule has 1 fully saturated rings. The van der Waals surface area contributed by atoms with E-state index in [9.17, 15) is 4.79 Å². The summed E-state index contributed by atoms with van der Waals surface area (Å²) in [7, 11) is 1.71. The molecule has 23 heavy (non-hydrogen) atoms. The van der Waals surface area contributed by atoms with Crippen LogP contribution in [0.5, 0.6) is 0 Å². The molecule has 1 unspecified atom stereocenters. The first-order valence-electron chi connectivity index (χ1n) is 8.45. The third-order valence-corrected chi connectivity index (χ3v) is 3.84. The van der Waals surface area contributed by atoms with E-state index in [4.69, 9.17) is 10.5 Å². The third kappa shape index (κ3) is 7.54. The SMILES string of the molecule is CCN1CCCC1CN=C(N)NCCN(C)C(=O)OC(C)(C)C. The molecule has 0 spiro atoms. The molecule has 3 N–H and O–H groups in total. The molecule has 0 saturated carbocycles. The van der Waals surface area contributed by atoms with E-state index in [1.54, 1.807) is 7.05 Å². The minimum atomic E-state index is -0.480. The smallest absolute Gasteiger partial charge is 0.410 e. The number of nitrogens with zero attached hydrogens (tertiary/aromatic N) is 3. The van der Waals surface area contributed by atoms with Crippen LogP contribution < -0.4 is 11.1 Å². The van der Waals surface area contributed by atoms with Gasteiger partial charge >= 0.3 is 6.09 Å². The van der Waals surface area contributed by atoms with Crippen LogP contribution in [0.3, 0.4) is 0 Å². The van der Waals surface area contributed by atoms with Gasteiger partial charge < -0.3 is 20.7 Å². The Balaban J connectivity index is 2.26. The standard InChI is InChI=1S/C16H33N5O2/c1-6-21-10-7-8-13(21)12-19-14(17)18-9-11-20(5)15(22)23-16(2,3)4/h13H,6-12H2,1-5H3,(H3,17,18,19). The van der Waals surface area contributed by atoms with E-state index in [0.29, 0.717) is 25.1 Å². The van der Waals surface area contributed by atoms with Crippen LogP contribution in [-0.2, 0) is 4.74 Å². The van der Waals surface area contributed by atoms with Gasteiger partial charge in [-0.1, -0.05) is 6.92 Å². The molecule has 7 heteroatoms. The molecule has 1 heterocycles. The average molecular weight is 327 g/mol. The second-order valence-electron chi connectivity index (χ2n) is 6.98. The van der Waals surface area contributed by atoms with Crippen molar-refractivity contribution in [1.82, 2.24) is 15.1 Å². The first-order valence-corrected chi connectivity index (χ1v) is 8.45. The van der Waals surface area contributed by atoms with Crippen molar-refractivity contribution < 1.29 is 9.53 Å². The summed E-state index contributed by atoms with van der Waals surface area (Å²) in [4.78, 5) is 20.2. The summed E-state index contributed by atoms with van der Waals surface area (Å²) in [5, 5.41) is 3.05. The second-order valence-corrected chi connectivity index (χ2v) is 6.98. The normalized spacial score (nSPS) is 19.7. The monoisotopic (exact) mass is 327 g/mol. The Labute approximate surface area is 140 Å². The van der Waals surface area contributed by atoms with Gasteiger partial charge in [-0.3, -0.25) is 9.89 Å². The van der Waals surface area contributed by atoms with Crippen molar-refractivity contribution in [2.75, 3.05) is 39.8 Å². The molecule has 0 aromatic carbocycles. The maximum absolute atomic E-state index is 11.8. The number of ether oxygens (including phenoxy) is 1. The molecule has 1 saturated heterocycles. The summed E-state index contributed by atoms with van der Waals surface area (Å²) in [6, 6.07) is 0.504. The largest absolute Gasteiger partial charge is 0.444 e. The Kier molecular flexibility index (Phi) is 7.61. The van der Waals surface area contributed by atoms with E-state index < -0.39 is 5.60 Å². The molecule has 1 amide bonds. The maximum atomic E-state index is 11.8. The third-order valence-electron chi connectivity index (χ3n) is 3.84. The predicted molar refractivity (Wildman–Crippen MR) is 93.6 cm³/mol. The fourth-order valence-corrected chi connectivity index (χ4v) is 2.56. The van der Waals surface area contributed by atoms with E-state index >= 15 is 0 Å². The van der Waals surface area contributed by atoms with Crippen LogP contribution >= 0.6 is 0 Å². The molecule has 7 nitrogen and oxygen atoms in total. The van der Waals surface area contributed by atoms with Gasteiger partial charge in [0.25, 0.3) is 0 Å². The van der Waals surface area contributed by atoms with Crippen LogP contribution in [0.2, 0.25) is 0 Å². The fourth-order valence-electron chi connectivity index (χ4n) is 2.56. The number of carbonyl (C=O) groups is 1. The lowest BCUT2D eigenvalue weighted by atomic mass is 10.2. The average Bonchev–Trinajstić information content (AvgIpc) is 2.90. The summed E-state index contributed by atoms with van der Waals surface area (Å²) in [6.45, 7) is 11.7. The highest BCUT2D eigenvalue weighted by molar-refractivity contribution is 5.77. The molecule has 0 radical (unpaired) electrons. The van der Waals surface area contributed by atoms with Crippen LogP contribution in [-0.4, -0.2) is 73.3 Å². The molecule has 134 valence electrons. The number of hydrogen-bond donors (Lipinski definition) is 2. The van der Waals surface area contributed by atoms with Gasteiger partial charge in [0.1, 0.15) is 5.60 Å². The van der Waals surface area contributed by atoms with Crippen LogP contribution in [0.25, 0.3) is 0 Å². The molecule has 1 aliphatic rings. The van der Waals surface area contributed by atoms with Crippen molar-refractivity contribution in [3.05, 3.63) is 0 Å². The van der Waals surface area contributed by atoms with E-state index in [0.717, 1.165) is 19.6 Å². The number of nitrogens with one attached hydrogen (secondary N) is 1. The van der Waals surface area contributed by atoms with Gasteiger partial charge in [0.05, 0.1) is 6.54 Å². The molecule has 0 bridgehead atoms. The van der Waals surface area contributed by atoms with Crippen LogP contribution in [0, 0.1) is 0 Å². The summed E-state index contributed by atoms with van der Waals surface area (Å²) < 4.78 is 5.29. The Morgan fingerprint density at radius 1 is 1.48 bits per heavy atom. The summed E-state index contributed by atoms with van der Waals surface area (Å²) >= 11 is 0. The number of nitrogens with two attached hydrogens (primary N) is 1. The van der Waals surface area contributed by atoms with Crippen molar-refractivity contribution in [3.63, 3.8) is 0 Å². The van der Waals surface area contributed by atoms with Gasteiger partial charge in [0.2, 0.25) is 0 Å². The van der Waals surface area contributed by atoms with E-state index in [-0.39, 0.29) is 6.09 Å². The first kappa shape index (κ1) is 19.5. The van der Waals surface area contributed by atoms with Crippen molar-refractivity contribution in [1.29, 1.82) is 0 Å². The lowest BCUT2D eigenvalue weighted by Crippen LogP contribution is -2.41. The molecule has 1 aliphatic heterocycles. The van der Waals surface area contributed by atoms with E-state index in [1.807, 2.05) is 20.8 Å². The predicted octanol–water partition coefficient (Wildman–Crippen LogP) is 1.24. The number of likely N-dealkylation sites (N-methyl/N-ethyl adjacent to an activating group) is 2. The first-order chi connectivity index (χ1) is 10.7. The van der Waals surface area contributed by atoms with E-state index in [1.165, 1.54) is 17.7 Å². The van der Waals surface area contributed by atoms with E-state index in [2.05, 4.69) is 22.1 Å². The molecule has 0 aliphatic carbocycles. The Bertz CT molecular complexity index is 406. The second kappa shape index (κ2) is 8.96. The number of guanidine groups is 1. The zero-order valence-electron chi connectivity index (χ0n) is 15.3. The number of amides is 1. The maximum Gasteiger partial charge on any atom is 0.410 e. The Hall–Kier alpha value is -1.50. The Morgan fingerprint density at radius 2 is 2.17 bits per heavy atom. The number of hydrogen-bond acceptors (Lipinski definition) is 4. The fraction of sp³-hybridized carbons (Fsp3) is 0.875. The van der Waals surface area contributed by atoms with Crippen molar-refractivity contribution in [2.45, 2.75) is 52.2 Å². The minimum Gasteiger partial charge on any atom is -0.444 e. The molecular formula is C16H33N5O2. The summed E-state index contributed by atoms with van der Waals surface area (Å²) in [6.07, 6.45) is 2.09. The molecule has 0 aromatic rings. The van der Waals surface area contributed by atoms with Gasteiger partial charge in [-0.05, 0) is 46.7 Å². The minimum absolute atomic E-state index is 0.334. The van der Waals surface area contributed by atoms with Gasteiger partial charge in [0, 0.05) is 26.2 Å². The Morgan fingerprint density at radius 3 is 2.78 bits per heavy atom. The highest BCUT2D eigenvalue weighted by atomic mass is 16.6. The topological polar surface area (TPSA) is 83.2 Å². The number of carbonyl (C=O) groups excluding carboxylic acids is 1. The van der Waals surface area contributed by atoms with Crippen molar-refractivity contribution in [3.8, 4) is 0 Å². The lowest BCUT2D eigenvalue weighted by Gasteiger charge is -2.24. The summed E-state index contributed by atoms with van der Waals surface area (Å²) in [5.41, 5.74) is 5.41. The lowest BCUT2D eigenvalue weighted by molar-refractivity contribution is 0.0302. The summed E-state index contributed by atoms with van der Waals surface area (Å²) in [5.74, 6) is 0.436. The van der Waals surface area contributed by atoms with Crippen LogP contribution in [0.15, 0.2) is 4.99 Å². The molecule has 0 aromatic heterocycles. The van der Waals surface area contributed by atoms with Gasteiger partial charge in [-0.2, -0.15) is 0 Å². The van der Waals surface area contributed by atoms with Crippen molar-refractivity contribution >= 4 is 12.1 Å². The molecular weight excluding hydrogens is 294 g/mol. The van der Waals surface area contributed by atoms with Crippen LogP contribution in [0.1, 0.15) is 40.5 Å². The van der Waals surface area contributed by atoms with Gasteiger partial charge in [-0.15, -0.1) is 0 Å². The number of likely N-dealkylation sites (tertiary alicyclic amines) is 1. The highest BCUT2D eigenvalue weighted by Crippen LogP contribution is 2.16. The number of aliphatic imine (C=N–C) groups is 1. The van der Waals surface area contributed by atoms with Gasteiger partial charge in [0.15, 0.2) is 5.96 Å².